The number of carbonyl (C=O) groups excluding carboxylic acids is 1. The SMILES string of the molecule is CN1CCC[C@H]1COc1nc2c(c(N3CCN(C(=O)/C(F)=C/c4ccccn4)[C@@H](CC#N)C3)n1)CCN(c1cccc3cccc(Cl)c13)C2. The van der Waals surface area contributed by atoms with Gasteiger partial charge in [-0.25, -0.2) is 4.39 Å². The number of halogens is 2. The number of amides is 1. The van der Waals surface area contributed by atoms with Crippen LogP contribution in [0.2, 0.25) is 5.02 Å². The summed E-state index contributed by atoms with van der Waals surface area (Å²) in [6, 6.07) is 19.5. The Morgan fingerprint density at radius 1 is 1.06 bits per heavy atom. The van der Waals surface area contributed by atoms with E-state index in [-0.39, 0.29) is 13.0 Å². The molecular formula is C37H38ClFN8O2. The maximum Gasteiger partial charge on any atom is 0.318 e. The average molecular weight is 681 g/mol. The predicted octanol–water partition coefficient (Wildman–Crippen LogP) is 5.66. The predicted molar refractivity (Wildman–Crippen MR) is 188 cm³/mol. The summed E-state index contributed by atoms with van der Waals surface area (Å²) in [6.07, 6.45) is 5.61. The summed E-state index contributed by atoms with van der Waals surface area (Å²) >= 11 is 6.72. The van der Waals surface area contributed by atoms with Crippen LogP contribution in [0.4, 0.5) is 15.9 Å². The number of benzene rings is 2. The van der Waals surface area contributed by atoms with Gasteiger partial charge in [0.1, 0.15) is 12.4 Å². The maximum absolute atomic E-state index is 15.2. The van der Waals surface area contributed by atoms with Gasteiger partial charge in [0, 0.05) is 61.1 Å². The smallest absolute Gasteiger partial charge is 0.318 e. The summed E-state index contributed by atoms with van der Waals surface area (Å²) in [5.74, 6) is -0.907. The number of likely N-dealkylation sites (N-methyl/N-ethyl adjacent to an activating group) is 1. The molecule has 0 N–H and O–H groups in total. The van der Waals surface area contributed by atoms with Crippen molar-refractivity contribution >= 4 is 45.9 Å². The molecule has 3 aliphatic heterocycles. The topological polar surface area (TPSA) is 102 Å². The molecule has 0 saturated carbocycles. The van der Waals surface area contributed by atoms with Crippen LogP contribution >= 0.6 is 11.6 Å². The van der Waals surface area contributed by atoms with Gasteiger partial charge in [0.05, 0.1) is 41.5 Å². The van der Waals surface area contributed by atoms with Crippen LogP contribution < -0.4 is 14.5 Å². The van der Waals surface area contributed by atoms with E-state index in [2.05, 4.69) is 51.0 Å². The number of aromatic nitrogens is 3. The number of hydrogen-bond acceptors (Lipinski definition) is 9. The first kappa shape index (κ1) is 32.7. The highest BCUT2D eigenvalue weighted by Gasteiger charge is 2.35. The van der Waals surface area contributed by atoms with Crippen molar-refractivity contribution in [3.8, 4) is 12.1 Å². The van der Waals surface area contributed by atoms with Crippen molar-refractivity contribution in [1.29, 1.82) is 5.26 Å². The fourth-order valence-electron chi connectivity index (χ4n) is 7.21. The van der Waals surface area contributed by atoms with Crippen LogP contribution in [-0.2, 0) is 17.8 Å². The minimum atomic E-state index is -0.907. The number of anilines is 2. The fraction of sp³-hybridized carbons (Fsp3) is 0.378. The Balaban J connectivity index is 1.18. The number of fused-ring (bicyclic) bond motifs is 2. The highest BCUT2D eigenvalue weighted by molar-refractivity contribution is 6.36. The third-order valence-electron chi connectivity index (χ3n) is 9.81. The van der Waals surface area contributed by atoms with E-state index in [1.54, 1.807) is 24.4 Å². The molecule has 49 heavy (non-hydrogen) atoms. The quantitative estimate of drug-likeness (QED) is 0.218. The average Bonchev–Trinajstić information content (AvgIpc) is 3.54. The van der Waals surface area contributed by atoms with Gasteiger partial charge < -0.3 is 24.3 Å². The molecule has 7 rings (SSSR count). The number of nitrogens with zero attached hydrogens (tertiary/aromatic N) is 8. The molecule has 0 radical (unpaired) electrons. The van der Waals surface area contributed by atoms with Crippen LogP contribution in [0.15, 0.2) is 66.6 Å². The first-order chi connectivity index (χ1) is 23.9. The molecule has 4 aromatic rings. The van der Waals surface area contributed by atoms with Gasteiger partial charge in [0.15, 0.2) is 5.83 Å². The normalized spacial score (nSPS) is 20.0. The highest BCUT2D eigenvalue weighted by atomic mass is 35.5. The number of likely N-dealkylation sites (tertiary alicyclic amines) is 1. The van der Waals surface area contributed by atoms with E-state index in [4.69, 9.17) is 26.3 Å². The molecule has 252 valence electrons. The number of piperazine rings is 1. The Hall–Kier alpha value is -4.79. The van der Waals surface area contributed by atoms with E-state index in [9.17, 15) is 10.1 Å². The van der Waals surface area contributed by atoms with Gasteiger partial charge in [-0.3, -0.25) is 9.78 Å². The zero-order chi connectivity index (χ0) is 33.9. The first-order valence-electron chi connectivity index (χ1n) is 16.8. The van der Waals surface area contributed by atoms with E-state index < -0.39 is 17.8 Å². The molecule has 1 amide bonds. The van der Waals surface area contributed by atoms with Gasteiger partial charge in [-0.05, 0) is 62.5 Å². The molecule has 2 aromatic heterocycles. The number of hydrogen-bond donors (Lipinski definition) is 0. The molecule has 2 atom stereocenters. The molecule has 2 fully saturated rings. The first-order valence-corrected chi connectivity index (χ1v) is 17.1. The maximum atomic E-state index is 15.2. The van der Waals surface area contributed by atoms with Crippen LogP contribution in [0, 0.1) is 11.3 Å². The second-order valence-electron chi connectivity index (χ2n) is 12.8. The Kier molecular flexibility index (Phi) is 9.60. The molecule has 0 spiro atoms. The molecule has 10 nitrogen and oxygen atoms in total. The van der Waals surface area contributed by atoms with Crippen LogP contribution in [-0.4, -0.2) is 89.1 Å². The van der Waals surface area contributed by atoms with Crippen molar-refractivity contribution in [3.63, 3.8) is 0 Å². The van der Waals surface area contributed by atoms with Crippen LogP contribution in [0.5, 0.6) is 6.01 Å². The summed E-state index contributed by atoms with van der Waals surface area (Å²) in [6.45, 7) is 3.76. The molecule has 0 aliphatic carbocycles. The highest BCUT2D eigenvalue weighted by Crippen LogP contribution is 2.37. The monoisotopic (exact) mass is 680 g/mol. The lowest BCUT2D eigenvalue weighted by Crippen LogP contribution is -2.56. The van der Waals surface area contributed by atoms with Gasteiger partial charge in [0.2, 0.25) is 0 Å². The van der Waals surface area contributed by atoms with Gasteiger partial charge in [0.25, 0.3) is 5.91 Å². The summed E-state index contributed by atoms with van der Waals surface area (Å²) in [5.41, 5.74) is 3.29. The Morgan fingerprint density at radius 2 is 1.92 bits per heavy atom. The molecule has 3 aliphatic rings. The third kappa shape index (κ3) is 6.89. The second-order valence-corrected chi connectivity index (χ2v) is 13.2. The van der Waals surface area contributed by atoms with Crippen molar-refractivity contribution in [1.82, 2.24) is 24.8 Å². The lowest BCUT2D eigenvalue weighted by atomic mass is 10.0. The number of pyridine rings is 1. The fourth-order valence-corrected chi connectivity index (χ4v) is 7.48. The summed E-state index contributed by atoms with van der Waals surface area (Å²) < 4.78 is 21.5. The molecule has 12 heteroatoms. The molecule has 2 saturated heterocycles. The summed E-state index contributed by atoms with van der Waals surface area (Å²) in [4.78, 5) is 35.5. The van der Waals surface area contributed by atoms with Gasteiger partial charge in [-0.15, -0.1) is 0 Å². The minimum absolute atomic E-state index is 0.0549. The lowest BCUT2D eigenvalue weighted by Gasteiger charge is -2.42. The van der Waals surface area contributed by atoms with Gasteiger partial charge >= 0.3 is 6.01 Å². The number of nitriles is 1. The summed E-state index contributed by atoms with van der Waals surface area (Å²) in [7, 11) is 2.11. The number of carbonyl (C=O) groups is 1. The van der Waals surface area contributed by atoms with Crippen molar-refractivity contribution in [2.75, 3.05) is 56.2 Å². The zero-order valence-electron chi connectivity index (χ0n) is 27.4. The molecular weight excluding hydrogens is 643 g/mol. The standard InChI is InChI=1S/C37H38ClFN8O2/c1-44-17-6-10-28(44)24-49-37-42-32-23-45(33-12-5-8-25-7-4-11-30(38)34(25)33)18-14-29(32)35(43-37)46-19-20-47(27(22-46)13-15-40)36(48)31(39)21-26-9-2-3-16-41-26/h2-5,7-9,11-12,16,21,27-28H,6,10,13-14,17-20,22-24H2,1H3/b31-21-/t27-,28-/m0/s1. The van der Waals surface area contributed by atoms with E-state index in [1.807, 2.05) is 18.2 Å². The van der Waals surface area contributed by atoms with Gasteiger partial charge in [-0.1, -0.05) is 41.9 Å². The Labute approximate surface area is 290 Å². The van der Waals surface area contributed by atoms with E-state index in [0.717, 1.165) is 65.5 Å². The Morgan fingerprint density at radius 3 is 2.69 bits per heavy atom. The Bertz CT molecular complexity index is 1910. The van der Waals surface area contributed by atoms with Crippen molar-refractivity contribution in [2.45, 2.75) is 44.3 Å². The second kappa shape index (κ2) is 14.4. The van der Waals surface area contributed by atoms with E-state index in [0.29, 0.717) is 55.4 Å². The van der Waals surface area contributed by atoms with E-state index >= 15 is 4.39 Å². The third-order valence-corrected chi connectivity index (χ3v) is 10.1. The van der Waals surface area contributed by atoms with Crippen LogP contribution in [0.1, 0.15) is 36.2 Å². The number of rotatable bonds is 8. The molecule has 0 bridgehead atoms. The van der Waals surface area contributed by atoms with Crippen LogP contribution in [0.3, 0.4) is 0 Å². The summed E-state index contributed by atoms with van der Waals surface area (Å²) in [5, 5.41) is 12.5. The molecule has 0 unspecified atom stereocenters. The molecule has 2 aromatic carbocycles. The van der Waals surface area contributed by atoms with Crippen molar-refractivity contribution in [3.05, 3.63) is 88.6 Å². The number of ether oxygens (including phenoxy) is 1. The minimum Gasteiger partial charge on any atom is -0.462 e. The molecule has 5 heterocycles. The van der Waals surface area contributed by atoms with Gasteiger partial charge in [-0.2, -0.15) is 15.2 Å². The van der Waals surface area contributed by atoms with Crippen molar-refractivity contribution < 1.29 is 13.9 Å². The zero-order valence-corrected chi connectivity index (χ0v) is 28.2. The lowest BCUT2D eigenvalue weighted by molar-refractivity contribution is -0.131. The van der Waals surface area contributed by atoms with Crippen LogP contribution in [0.25, 0.3) is 16.8 Å². The van der Waals surface area contributed by atoms with E-state index in [1.165, 1.54) is 4.90 Å². The largest absolute Gasteiger partial charge is 0.462 e. The van der Waals surface area contributed by atoms with Crippen molar-refractivity contribution in [2.24, 2.45) is 0 Å².